The van der Waals surface area contributed by atoms with Crippen LogP contribution in [0.1, 0.15) is 24.8 Å². The number of piperazine rings is 1. The van der Waals surface area contributed by atoms with E-state index < -0.39 is 0 Å². The minimum absolute atomic E-state index is 0.0149. The third-order valence-corrected chi connectivity index (χ3v) is 4.92. The zero-order valence-corrected chi connectivity index (χ0v) is 13.7. The molecule has 3 rings (SSSR count). The molecule has 2 atom stereocenters. The third-order valence-electron chi connectivity index (χ3n) is 4.67. The van der Waals surface area contributed by atoms with Crippen LogP contribution in [0.4, 0.5) is 0 Å². The second-order valence-electron chi connectivity index (χ2n) is 6.37. The number of hydrogen-bond acceptors (Lipinski definition) is 3. The van der Waals surface area contributed by atoms with Gasteiger partial charge in [0, 0.05) is 30.6 Å². The number of nitrogens with zero attached hydrogens (tertiary/aromatic N) is 2. The lowest BCUT2D eigenvalue weighted by Crippen LogP contribution is -2.53. The van der Waals surface area contributed by atoms with Gasteiger partial charge >= 0.3 is 0 Å². The Labute approximate surface area is 140 Å². The molecule has 23 heavy (non-hydrogen) atoms. The van der Waals surface area contributed by atoms with Crippen LogP contribution in [0.2, 0.25) is 5.02 Å². The molecule has 0 radical (unpaired) electrons. The highest BCUT2D eigenvalue weighted by atomic mass is 35.5. The summed E-state index contributed by atoms with van der Waals surface area (Å²) in [5.74, 6) is -0.139. The van der Waals surface area contributed by atoms with Crippen LogP contribution in [0.5, 0.6) is 0 Å². The van der Waals surface area contributed by atoms with Crippen molar-refractivity contribution in [3.05, 3.63) is 34.9 Å². The van der Waals surface area contributed by atoms with Crippen molar-refractivity contribution in [2.24, 2.45) is 5.92 Å². The van der Waals surface area contributed by atoms with Gasteiger partial charge in [0.15, 0.2) is 0 Å². The first-order chi connectivity index (χ1) is 11.0. The van der Waals surface area contributed by atoms with Crippen LogP contribution in [-0.2, 0) is 16.1 Å². The normalized spacial score (nSPS) is 25.0. The fourth-order valence-corrected chi connectivity index (χ4v) is 3.44. The molecular weight excluding hydrogens is 316 g/mol. The summed E-state index contributed by atoms with van der Waals surface area (Å²) in [5, 5.41) is 10.2. The summed E-state index contributed by atoms with van der Waals surface area (Å²) in [6.07, 6.45) is 1.56. The number of aliphatic hydroxyl groups excluding tert-OH is 1. The monoisotopic (exact) mass is 336 g/mol. The molecule has 1 saturated carbocycles. The molecule has 6 heteroatoms. The lowest BCUT2D eigenvalue weighted by molar-refractivity contribution is -0.148. The molecule has 124 valence electrons. The van der Waals surface area contributed by atoms with E-state index in [4.69, 9.17) is 11.6 Å². The Morgan fingerprint density at radius 1 is 1.22 bits per heavy atom. The smallest absolute Gasteiger partial charge is 0.242 e. The van der Waals surface area contributed by atoms with E-state index in [1.165, 1.54) is 0 Å². The number of amides is 2. The number of hydrogen-bond donors (Lipinski definition) is 1. The Hall–Kier alpha value is -1.59. The van der Waals surface area contributed by atoms with E-state index in [2.05, 4.69) is 0 Å². The van der Waals surface area contributed by atoms with E-state index in [1.54, 1.807) is 9.80 Å². The fourth-order valence-electron chi connectivity index (χ4n) is 3.31. The predicted molar refractivity (Wildman–Crippen MR) is 86.8 cm³/mol. The highest BCUT2D eigenvalue weighted by molar-refractivity contribution is 6.30. The molecule has 1 aliphatic carbocycles. The number of carbonyl (C=O) groups excluding carboxylic acids is 2. The van der Waals surface area contributed by atoms with Crippen LogP contribution >= 0.6 is 11.6 Å². The average molecular weight is 337 g/mol. The molecule has 5 nitrogen and oxygen atoms in total. The fraction of sp³-hybridized carbons (Fsp3) is 0.529. The molecule has 1 aromatic rings. The molecule has 1 N–H and O–H groups in total. The predicted octanol–water partition coefficient (Wildman–Crippen LogP) is 1.67. The van der Waals surface area contributed by atoms with Crippen molar-refractivity contribution in [2.45, 2.75) is 31.9 Å². The maximum Gasteiger partial charge on any atom is 0.242 e. The van der Waals surface area contributed by atoms with Crippen LogP contribution in [-0.4, -0.2) is 52.5 Å². The van der Waals surface area contributed by atoms with Gasteiger partial charge in [-0.25, -0.2) is 0 Å². The largest absolute Gasteiger partial charge is 0.393 e. The van der Waals surface area contributed by atoms with E-state index in [1.807, 2.05) is 24.3 Å². The van der Waals surface area contributed by atoms with Gasteiger partial charge in [-0.15, -0.1) is 0 Å². The molecule has 2 fully saturated rings. The van der Waals surface area contributed by atoms with Crippen LogP contribution in [0.25, 0.3) is 0 Å². The quantitative estimate of drug-likeness (QED) is 0.913. The summed E-state index contributed by atoms with van der Waals surface area (Å²) in [4.78, 5) is 28.2. The Morgan fingerprint density at radius 2 is 1.96 bits per heavy atom. The lowest BCUT2D eigenvalue weighted by Gasteiger charge is -2.35. The molecule has 1 aliphatic heterocycles. The van der Waals surface area contributed by atoms with Crippen LogP contribution in [0.3, 0.4) is 0 Å². The zero-order chi connectivity index (χ0) is 16.4. The van der Waals surface area contributed by atoms with Crippen molar-refractivity contribution in [3.63, 3.8) is 0 Å². The molecule has 2 amide bonds. The molecular formula is C17H21ClN2O3. The number of rotatable bonds is 3. The first-order valence-corrected chi connectivity index (χ1v) is 8.40. The lowest BCUT2D eigenvalue weighted by atomic mass is 10.1. The van der Waals surface area contributed by atoms with E-state index in [0.717, 1.165) is 12.0 Å². The van der Waals surface area contributed by atoms with Crippen molar-refractivity contribution >= 4 is 23.4 Å². The van der Waals surface area contributed by atoms with Gasteiger partial charge in [0.1, 0.15) is 0 Å². The summed E-state index contributed by atoms with van der Waals surface area (Å²) < 4.78 is 0. The maximum atomic E-state index is 12.4. The molecule has 2 aliphatic rings. The maximum absolute atomic E-state index is 12.4. The van der Waals surface area contributed by atoms with Gasteiger partial charge in [-0.2, -0.15) is 0 Å². The van der Waals surface area contributed by atoms with Crippen molar-refractivity contribution in [3.8, 4) is 0 Å². The topological polar surface area (TPSA) is 60.9 Å². The zero-order valence-electron chi connectivity index (χ0n) is 12.9. The number of carbonyl (C=O) groups is 2. The molecule has 0 spiro atoms. The van der Waals surface area contributed by atoms with Gasteiger partial charge in [0.2, 0.25) is 11.8 Å². The first-order valence-electron chi connectivity index (χ1n) is 8.02. The second-order valence-corrected chi connectivity index (χ2v) is 6.80. The van der Waals surface area contributed by atoms with E-state index in [-0.39, 0.29) is 30.4 Å². The SMILES string of the molecule is O=C1CN(C(=O)[C@@H]2CC[C@@H](O)C2)CCN1Cc1ccc(Cl)cc1. The van der Waals surface area contributed by atoms with Gasteiger partial charge in [0.05, 0.1) is 12.6 Å². The van der Waals surface area contributed by atoms with E-state index in [9.17, 15) is 14.7 Å². The Kier molecular flexibility index (Phi) is 4.87. The molecule has 1 saturated heterocycles. The second kappa shape index (κ2) is 6.89. The molecule has 0 unspecified atom stereocenters. The highest BCUT2D eigenvalue weighted by Crippen LogP contribution is 2.27. The number of aliphatic hydroxyl groups is 1. The summed E-state index contributed by atoms with van der Waals surface area (Å²) in [6.45, 7) is 1.78. The minimum Gasteiger partial charge on any atom is -0.393 e. The Morgan fingerprint density at radius 3 is 2.57 bits per heavy atom. The number of benzene rings is 1. The molecule has 1 heterocycles. The van der Waals surface area contributed by atoms with Gasteiger partial charge in [-0.3, -0.25) is 9.59 Å². The first kappa shape index (κ1) is 16.3. The van der Waals surface area contributed by atoms with Crippen LogP contribution in [0.15, 0.2) is 24.3 Å². The molecule has 1 aromatic carbocycles. The molecule has 0 bridgehead atoms. The van der Waals surface area contributed by atoms with Crippen LogP contribution in [0, 0.1) is 5.92 Å². The van der Waals surface area contributed by atoms with E-state index in [0.29, 0.717) is 37.5 Å². The summed E-state index contributed by atoms with van der Waals surface area (Å²) in [5.41, 5.74) is 1.03. The van der Waals surface area contributed by atoms with Crippen molar-refractivity contribution in [1.82, 2.24) is 9.80 Å². The highest BCUT2D eigenvalue weighted by Gasteiger charge is 2.34. The Bertz CT molecular complexity index is 590. The van der Waals surface area contributed by atoms with Gasteiger partial charge in [0.25, 0.3) is 0 Å². The molecule has 0 aromatic heterocycles. The van der Waals surface area contributed by atoms with Crippen molar-refractivity contribution in [1.29, 1.82) is 0 Å². The summed E-state index contributed by atoms with van der Waals surface area (Å²) in [6, 6.07) is 7.44. The average Bonchev–Trinajstić information content (AvgIpc) is 2.97. The number of halogens is 1. The van der Waals surface area contributed by atoms with Crippen LogP contribution < -0.4 is 0 Å². The van der Waals surface area contributed by atoms with Crippen molar-refractivity contribution in [2.75, 3.05) is 19.6 Å². The minimum atomic E-state index is -0.370. The summed E-state index contributed by atoms with van der Waals surface area (Å²) >= 11 is 5.87. The van der Waals surface area contributed by atoms with Gasteiger partial charge in [-0.05, 0) is 37.0 Å². The van der Waals surface area contributed by atoms with Gasteiger partial charge in [-0.1, -0.05) is 23.7 Å². The summed E-state index contributed by atoms with van der Waals surface area (Å²) in [7, 11) is 0. The standard InChI is InChI=1S/C17H21ClN2O3/c18-14-4-1-12(2-5-14)10-19-7-8-20(11-16(19)22)17(23)13-3-6-15(21)9-13/h1-2,4-5,13,15,21H,3,6-11H2/t13-,15-/m1/s1. The van der Waals surface area contributed by atoms with E-state index >= 15 is 0 Å². The van der Waals surface area contributed by atoms with Gasteiger partial charge < -0.3 is 14.9 Å². The third kappa shape index (κ3) is 3.85. The van der Waals surface area contributed by atoms with Crippen molar-refractivity contribution < 1.29 is 14.7 Å². The Balaban J connectivity index is 1.56.